The first-order chi connectivity index (χ1) is 10.6. The maximum Gasteiger partial charge on any atom is 0.254 e. The quantitative estimate of drug-likeness (QED) is 0.327. The molecule has 5 nitrogen and oxygen atoms in total. The van der Waals surface area contributed by atoms with Crippen molar-refractivity contribution in [2.75, 3.05) is 0 Å². The van der Waals surface area contributed by atoms with Crippen LogP contribution >= 0.6 is 22.6 Å². The smallest absolute Gasteiger partial charge is 0.254 e. The predicted octanol–water partition coefficient (Wildman–Crippen LogP) is 2.42. The van der Waals surface area contributed by atoms with E-state index in [0.29, 0.717) is 5.76 Å². The molecule has 0 N–H and O–H groups in total. The number of halogens is 1. The fraction of sp³-hybridized carbons (Fsp3) is 0.438. The number of furan rings is 1. The van der Waals surface area contributed by atoms with Crippen molar-refractivity contribution in [3.63, 3.8) is 0 Å². The highest BCUT2D eigenvalue weighted by molar-refractivity contribution is 14.1. The van der Waals surface area contributed by atoms with Crippen LogP contribution in [-0.2, 0) is 9.59 Å². The third-order valence-corrected chi connectivity index (χ3v) is 6.30. The number of carbonyl (C=O) groups is 2. The number of hydrogen-bond donors (Lipinski definition) is 0. The van der Waals surface area contributed by atoms with Crippen LogP contribution in [0.2, 0.25) is 0 Å². The molecular formula is C16H13IN2O3. The Labute approximate surface area is 140 Å². The monoisotopic (exact) mass is 408 g/mol. The number of hydrogen-bond acceptors (Lipinski definition) is 4. The highest BCUT2D eigenvalue weighted by Crippen LogP contribution is 2.73. The third kappa shape index (κ3) is 1.46. The molecule has 2 heterocycles. The number of fused-ring (bicyclic) bond motifs is 3. The number of hydrazone groups is 1. The van der Waals surface area contributed by atoms with Gasteiger partial charge in [0.05, 0.1) is 18.1 Å². The maximum absolute atomic E-state index is 12.7. The second-order valence-corrected chi connectivity index (χ2v) is 7.66. The summed E-state index contributed by atoms with van der Waals surface area (Å²) in [7, 11) is 0. The van der Waals surface area contributed by atoms with Crippen molar-refractivity contribution in [1.29, 1.82) is 0 Å². The van der Waals surface area contributed by atoms with Gasteiger partial charge in [-0.1, -0.05) is 12.2 Å². The van der Waals surface area contributed by atoms with Gasteiger partial charge in [0.25, 0.3) is 11.8 Å². The van der Waals surface area contributed by atoms with Gasteiger partial charge >= 0.3 is 0 Å². The molecular weight excluding hydrogens is 395 g/mol. The van der Waals surface area contributed by atoms with Gasteiger partial charge in [0.15, 0.2) is 3.77 Å². The summed E-state index contributed by atoms with van der Waals surface area (Å²) in [6.07, 6.45) is 8.06. The number of nitrogens with zero attached hydrogens (tertiary/aromatic N) is 2. The van der Waals surface area contributed by atoms with Crippen molar-refractivity contribution in [3.05, 3.63) is 33.8 Å². The van der Waals surface area contributed by atoms with Gasteiger partial charge < -0.3 is 4.42 Å². The molecule has 112 valence electrons. The lowest BCUT2D eigenvalue weighted by molar-refractivity contribution is -0.141. The number of rotatable bonds is 2. The Morgan fingerprint density at radius 2 is 1.82 bits per heavy atom. The molecule has 1 aromatic rings. The molecule has 0 unspecified atom stereocenters. The number of imide groups is 1. The molecule has 3 fully saturated rings. The van der Waals surface area contributed by atoms with Gasteiger partial charge in [0, 0.05) is 0 Å². The van der Waals surface area contributed by atoms with Crippen LogP contribution in [0.3, 0.4) is 0 Å². The van der Waals surface area contributed by atoms with Crippen molar-refractivity contribution < 1.29 is 14.0 Å². The molecule has 1 spiro atoms. The van der Waals surface area contributed by atoms with Gasteiger partial charge in [0.2, 0.25) is 0 Å². The lowest BCUT2D eigenvalue weighted by Crippen LogP contribution is -2.30. The minimum absolute atomic E-state index is 0.143. The van der Waals surface area contributed by atoms with Crippen molar-refractivity contribution in [1.82, 2.24) is 5.01 Å². The van der Waals surface area contributed by atoms with Crippen molar-refractivity contribution in [2.24, 2.45) is 34.2 Å². The molecule has 3 aliphatic carbocycles. The summed E-state index contributed by atoms with van der Waals surface area (Å²) in [4.78, 5) is 25.3. The van der Waals surface area contributed by atoms with Crippen LogP contribution in [0.15, 0.2) is 33.8 Å². The first kappa shape index (κ1) is 13.0. The van der Waals surface area contributed by atoms with Crippen LogP contribution in [-0.4, -0.2) is 23.0 Å². The highest BCUT2D eigenvalue weighted by Gasteiger charge is 2.73. The van der Waals surface area contributed by atoms with E-state index in [9.17, 15) is 9.59 Å². The molecule has 4 aliphatic rings. The number of amides is 2. The normalized spacial score (nSPS) is 37.0. The molecule has 5 rings (SSSR count). The zero-order chi connectivity index (χ0) is 15.1. The lowest BCUT2D eigenvalue weighted by atomic mass is 9.85. The molecule has 4 atom stereocenters. The summed E-state index contributed by atoms with van der Waals surface area (Å²) >= 11 is 2.06. The summed E-state index contributed by atoms with van der Waals surface area (Å²) in [6, 6.07) is 3.58. The molecule has 22 heavy (non-hydrogen) atoms. The summed E-state index contributed by atoms with van der Waals surface area (Å²) < 4.78 is 6.12. The zero-order valence-corrected chi connectivity index (χ0v) is 13.8. The second-order valence-electron chi connectivity index (χ2n) is 6.60. The average molecular weight is 408 g/mol. The maximum atomic E-state index is 12.7. The SMILES string of the molecule is O=C1[C@@H]2[C@H](C(=O)N1/N=C/c1ccc(I)o1)[C@H]1C=C[C@H]2C12CC2. The summed E-state index contributed by atoms with van der Waals surface area (Å²) in [5.41, 5.74) is 0.230. The Balaban J connectivity index is 1.45. The second kappa shape index (κ2) is 4.10. The van der Waals surface area contributed by atoms with E-state index in [0.717, 1.165) is 21.6 Å². The van der Waals surface area contributed by atoms with E-state index < -0.39 is 0 Å². The van der Waals surface area contributed by atoms with Gasteiger partial charge in [-0.25, -0.2) is 0 Å². The average Bonchev–Trinajstić information content (AvgIpc) is 2.87. The summed E-state index contributed by atoms with van der Waals surface area (Å²) in [5.74, 6) is 0.346. The number of carbonyl (C=O) groups excluding carboxylic acids is 2. The molecule has 1 aromatic heterocycles. The van der Waals surface area contributed by atoms with Crippen LogP contribution in [0.1, 0.15) is 18.6 Å². The Kier molecular flexibility index (Phi) is 2.43. The minimum Gasteiger partial charge on any atom is -0.449 e. The molecule has 2 amide bonds. The van der Waals surface area contributed by atoms with Crippen LogP contribution < -0.4 is 0 Å². The predicted molar refractivity (Wildman–Crippen MR) is 85.6 cm³/mol. The Hall–Kier alpha value is -1.44. The van der Waals surface area contributed by atoms with Gasteiger partial charge in [-0.3, -0.25) is 9.59 Å². The Morgan fingerprint density at radius 3 is 2.32 bits per heavy atom. The van der Waals surface area contributed by atoms with E-state index in [1.54, 1.807) is 6.07 Å². The molecule has 1 saturated heterocycles. The van der Waals surface area contributed by atoms with E-state index in [-0.39, 0.29) is 40.9 Å². The molecule has 0 aromatic carbocycles. The molecule has 1 aliphatic heterocycles. The van der Waals surface area contributed by atoms with Crippen molar-refractivity contribution >= 4 is 40.6 Å². The molecule has 0 radical (unpaired) electrons. The standard InChI is InChI=1S/C16H13IN2O3/c17-11-4-1-8(22-11)7-18-19-14(20)12-9-2-3-10(13(12)15(19)21)16(9)5-6-16/h1-4,7,9-10,12-13H,5-6H2/b18-7+/t9-,10-,12-,13+/m1/s1. The van der Waals surface area contributed by atoms with Crippen LogP contribution in [0, 0.1) is 32.9 Å². The molecule has 2 saturated carbocycles. The van der Waals surface area contributed by atoms with E-state index in [2.05, 4.69) is 39.8 Å². The van der Waals surface area contributed by atoms with Gasteiger partial charge in [-0.05, 0) is 64.8 Å². The fourth-order valence-electron chi connectivity index (χ4n) is 4.69. The third-order valence-electron chi connectivity index (χ3n) is 5.72. The summed E-state index contributed by atoms with van der Waals surface area (Å²) in [6.45, 7) is 0. The first-order valence-electron chi connectivity index (χ1n) is 7.47. The van der Waals surface area contributed by atoms with E-state index in [1.807, 2.05) is 6.07 Å². The van der Waals surface area contributed by atoms with E-state index in [1.165, 1.54) is 6.21 Å². The van der Waals surface area contributed by atoms with Crippen LogP contribution in [0.4, 0.5) is 0 Å². The first-order valence-corrected chi connectivity index (χ1v) is 8.55. The fourth-order valence-corrected chi connectivity index (χ4v) is 5.12. The van der Waals surface area contributed by atoms with E-state index in [4.69, 9.17) is 4.42 Å². The van der Waals surface area contributed by atoms with Crippen molar-refractivity contribution in [2.45, 2.75) is 12.8 Å². The van der Waals surface area contributed by atoms with Crippen molar-refractivity contribution in [3.8, 4) is 0 Å². The van der Waals surface area contributed by atoms with E-state index >= 15 is 0 Å². The summed E-state index contributed by atoms with van der Waals surface area (Å²) in [5, 5.41) is 5.16. The van der Waals surface area contributed by atoms with Gasteiger partial charge in [0.1, 0.15) is 5.76 Å². The highest BCUT2D eigenvalue weighted by atomic mass is 127. The molecule has 2 bridgehead atoms. The van der Waals surface area contributed by atoms with Crippen LogP contribution in [0.5, 0.6) is 0 Å². The Bertz CT molecular complexity index is 727. The van der Waals surface area contributed by atoms with Crippen LogP contribution in [0.25, 0.3) is 0 Å². The minimum atomic E-state index is -0.195. The Morgan fingerprint density at radius 1 is 1.18 bits per heavy atom. The van der Waals surface area contributed by atoms with Gasteiger partial charge in [-0.15, -0.1) is 0 Å². The topological polar surface area (TPSA) is 62.9 Å². The molecule has 6 heteroatoms. The zero-order valence-electron chi connectivity index (χ0n) is 11.6. The largest absolute Gasteiger partial charge is 0.449 e. The number of allylic oxidation sites excluding steroid dienone is 2. The lowest BCUT2D eigenvalue weighted by Gasteiger charge is -2.18. The van der Waals surface area contributed by atoms with Gasteiger partial charge in [-0.2, -0.15) is 10.1 Å².